The van der Waals surface area contributed by atoms with E-state index >= 15 is 0 Å². The van der Waals surface area contributed by atoms with Gasteiger partial charge in [-0.05, 0) is 12.5 Å². The molecule has 0 saturated heterocycles. The Labute approximate surface area is 87.4 Å². The van der Waals surface area contributed by atoms with E-state index in [2.05, 4.69) is 10.0 Å². The predicted octanol–water partition coefficient (Wildman–Crippen LogP) is 4.88. The monoisotopic (exact) mass is 291 g/mol. The molecule has 0 rings (SSSR count). The van der Waals surface area contributed by atoms with Crippen LogP contribution in [-0.4, -0.2) is 17.8 Å². The van der Waals surface area contributed by atoms with Crippen molar-refractivity contribution in [1.29, 1.82) is 0 Å². The van der Waals surface area contributed by atoms with Gasteiger partial charge in [-0.25, -0.2) is 0 Å². The molecule has 0 bridgehead atoms. The highest BCUT2D eigenvalue weighted by molar-refractivity contribution is 4.50. The van der Waals surface area contributed by atoms with Crippen LogP contribution in [0.15, 0.2) is 5.11 Å². The lowest BCUT2D eigenvalue weighted by Gasteiger charge is -1.91. The summed E-state index contributed by atoms with van der Waals surface area (Å²) in [7, 11) is 0. The molecule has 0 aliphatic rings. The smallest absolute Gasteiger partial charge is 0.0568 e. The van der Waals surface area contributed by atoms with Crippen LogP contribution in [0.4, 0.5) is 45.7 Å². The molecule has 0 saturated carbocycles. The SMILES string of the molecule is C[C@@H](O)CN=[N+]=[N-].FF.FF.FF.FF.FF. The van der Waals surface area contributed by atoms with Crippen molar-refractivity contribution in [1.82, 2.24) is 0 Å². The molecule has 0 aliphatic carbocycles. The molecule has 0 amide bonds. The molecule has 0 aromatic carbocycles. The van der Waals surface area contributed by atoms with Gasteiger partial charge in [-0.1, -0.05) is 5.11 Å². The van der Waals surface area contributed by atoms with Crippen molar-refractivity contribution in [2.75, 3.05) is 6.54 Å². The average Bonchev–Trinajstić information content (AvgIpc) is 2.47. The second-order valence-electron chi connectivity index (χ2n) is 1.26. The molecule has 0 fully saturated rings. The minimum absolute atomic E-state index is 0.163. The normalized spacial score (nSPS) is 6.82. The van der Waals surface area contributed by atoms with E-state index in [-0.39, 0.29) is 6.54 Å². The summed E-state index contributed by atoms with van der Waals surface area (Å²) >= 11 is 0. The van der Waals surface area contributed by atoms with E-state index < -0.39 is 6.10 Å². The zero-order valence-corrected chi connectivity index (χ0v) is 7.85. The van der Waals surface area contributed by atoms with Crippen LogP contribution in [0.2, 0.25) is 0 Å². The van der Waals surface area contributed by atoms with Crippen molar-refractivity contribution in [3.63, 3.8) is 0 Å². The number of halogens is 10. The summed E-state index contributed by atoms with van der Waals surface area (Å²) in [5.74, 6) is 0. The zero-order valence-electron chi connectivity index (χ0n) is 7.85. The summed E-state index contributed by atoms with van der Waals surface area (Å²) in [5, 5.41) is 11.5. The van der Waals surface area contributed by atoms with Crippen LogP contribution in [0.1, 0.15) is 6.92 Å². The van der Waals surface area contributed by atoms with Crippen molar-refractivity contribution in [2.45, 2.75) is 13.0 Å². The highest BCUT2D eigenvalue weighted by Crippen LogP contribution is 1.78. The summed E-state index contributed by atoms with van der Waals surface area (Å²) in [6.07, 6.45) is -0.518. The average molecular weight is 291 g/mol. The minimum Gasteiger partial charge on any atom is -0.393 e. The predicted molar refractivity (Wildman–Crippen MR) is 36.8 cm³/mol. The highest BCUT2D eigenvalue weighted by Gasteiger charge is 1.86. The number of hydrogen-bond acceptors (Lipinski definition) is 2. The summed E-state index contributed by atoms with van der Waals surface area (Å²) in [6.45, 7) is 1.73. The van der Waals surface area contributed by atoms with Gasteiger partial charge in [0, 0.05) is 50.7 Å². The fraction of sp³-hybridized carbons (Fsp3) is 1.00. The lowest BCUT2D eigenvalue weighted by Crippen LogP contribution is -2.01. The van der Waals surface area contributed by atoms with Crippen LogP contribution >= 0.6 is 0 Å². The van der Waals surface area contributed by atoms with Gasteiger partial charge < -0.3 is 5.11 Å². The number of aliphatic hydroxyl groups is 1. The third kappa shape index (κ3) is 349. The molecule has 14 heteroatoms. The van der Waals surface area contributed by atoms with Gasteiger partial charge in [0.2, 0.25) is 0 Å². The molecule has 0 aromatic heterocycles. The second kappa shape index (κ2) is 128. The minimum atomic E-state index is -0.518. The van der Waals surface area contributed by atoms with Gasteiger partial charge in [0.05, 0.1) is 12.6 Å². The summed E-state index contributed by atoms with van der Waals surface area (Å²) in [6, 6.07) is 0. The molecule has 1 N–H and O–H groups in total. The first-order valence-corrected chi connectivity index (χ1v) is 2.67. The summed E-state index contributed by atoms with van der Waals surface area (Å²) in [5.41, 5.74) is 7.66. The molecule has 0 unspecified atom stereocenters. The van der Waals surface area contributed by atoms with E-state index in [0.717, 1.165) is 0 Å². The number of nitrogens with zero attached hydrogens (tertiary/aromatic N) is 3. The fourth-order valence-corrected chi connectivity index (χ4v) is 0.155. The van der Waals surface area contributed by atoms with Gasteiger partial charge in [0.1, 0.15) is 0 Å². The maximum Gasteiger partial charge on any atom is 0.0568 e. The molecule has 17 heavy (non-hydrogen) atoms. The van der Waals surface area contributed by atoms with Gasteiger partial charge in [-0.15, -0.1) is 0 Å². The van der Waals surface area contributed by atoms with Gasteiger partial charge >= 0.3 is 0 Å². The van der Waals surface area contributed by atoms with Gasteiger partial charge in [-0.3, -0.25) is 0 Å². The quantitative estimate of drug-likeness (QED) is 0.335. The van der Waals surface area contributed by atoms with E-state index in [1.165, 1.54) is 0 Å². The first-order chi connectivity index (χ1) is 8.27. The summed E-state index contributed by atoms with van der Waals surface area (Å²) < 4.78 is 80.0. The van der Waals surface area contributed by atoms with Crippen molar-refractivity contribution in [3.05, 3.63) is 10.4 Å². The summed E-state index contributed by atoms with van der Waals surface area (Å²) in [4.78, 5) is 2.44. The van der Waals surface area contributed by atoms with Crippen LogP contribution in [0, 0.1) is 0 Å². The molecule has 0 aromatic rings. The first-order valence-electron chi connectivity index (χ1n) is 2.67. The van der Waals surface area contributed by atoms with E-state index in [0.29, 0.717) is 0 Å². The molecule has 0 heterocycles. The van der Waals surface area contributed by atoms with Crippen LogP contribution < -0.4 is 0 Å². The Morgan fingerprint density at radius 1 is 0.941 bits per heavy atom. The molecule has 110 valence electrons. The molecule has 1 atom stereocenters. The van der Waals surface area contributed by atoms with Crippen molar-refractivity contribution in [2.24, 2.45) is 5.11 Å². The van der Waals surface area contributed by atoms with E-state index in [9.17, 15) is 0 Å². The number of aliphatic hydroxyl groups excluding tert-OH is 1. The van der Waals surface area contributed by atoms with Crippen LogP contribution in [0.3, 0.4) is 0 Å². The maximum atomic E-state index is 8.42. The van der Waals surface area contributed by atoms with Crippen molar-refractivity contribution in [3.8, 4) is 0 Å². The van der Waals surface area contributed by atoms with E-state index in [1.54, 1.807) is 6.92 Å². The Hall–Kier alpha value is -1.43. The van der Waals surface area contributed by atoms with Crippen LogP contribution in [-0.2, 0) is 0 Å². The van der Waals surface area contributed by atoms with Crippen LogP contribution in [0.25, 0.3) is 10.4 Å². The highest BCUT2D eigenvalue weighted by atomic mass is 20.0. The second-order valence-corrected chi connectivity index (χ2v) is 1.26. The molecular formula is C3H7F10N3O. The first kappa shape index (κ1) is 36.1. The number of azide groups is 1. The number of hydrogen-bond donors (Lipinski definition) is 1. The third-order valence-electron chi connectivity index (χ3n) is 0.409. The fourth-order valence-electron chi connectivity index (χ4n) is 0.155. The van der Waals surface area contributed by atoms with E-state index in [1.807, 2.05) is 0 Å². The Morgan fingerprint density at radius 3 is 1.24 bits per heavy atom. The molecule has 0 aliphatic heterocycles. The Bertz CT molecular complexity index is 101. The third-order valence-corrected chi connectivity index (χ3v) is 0.409. The van der Waals surface area contributed by atoms with Crippen LogP contribution in [0.5, 0.6) is 0 Å². The van der Waals surface area contributed by atoms with Gasteiger partial charge in [-0.2, -0.15) is 0 Å². The largest absolute Gasteiger partial charge is 0.393 e. The molecular weight excluding hydrogens is 284 g/mol. The van der Waals surface area contributed by atoms with Crippen molar-refractivity contribution < 1.29 is 50.8 Å². The Kier molecular flexibility index (Phi) is 273. The van der Waals surface area contributed by atoms with Crippen molar-refractivity contribution >= 4 is 0 Å². The Balaban J connectivity index is -0.0000000257. The van der Waals surface area contributed by atoms with E-state index in [4.69, 9.17) is 56.4 Å². The molecule has 0 radical (unpaired) electrons. The topological polar surface area (TPSA) is 69.0 Å². The van der Waals surface area contributed by atoms with Gasteiger partial charge in [0.25, 0.3) is 0 Å². The van der Waals surface area contributed by atoms with Gasteiger partial charge in [0.15, 0.2) is 0 Å². The number of rotatable bonds is 2. The lowest BCUT2D eigenvalue weighted by molar-refractivity contribution is 0.108. The Morgan fingerprint density at radius 2 is 1.18 bits per heavy atom. The zero-order chi connectivity index (χ0) is 15.7. The molecule has 0 spiro atoms. The maximum absolute atomic E-state index is 8.42. The lowest BCUT2D eigenvalue weighted by atomic mass is 10.4. The standard InChI is InChI=1S/C3H7N3O.5F2/c1-3(7)2-5-6-4;5*1-2/h3,7H,2H2,1H3;;;;;/t3-;;;;;/m1...../s1. The molecule has 4 nitrogen and oxygen atoms in total.